The van der Waals surface area contributed by atoms with E-state index < -0.39 is 0 Å². The first kappa shape index (κ1) is 14.7. The predicted octanol–water partition coefficient (Wildman–Crippen LogP) is 3.51. The molecule has 0 aliphatic heterocycles. The van der Waals surface area contributed by atoms with Crippen molar-refractivity contribution < 1.29 is 0 Å². The summed E-state index contributed by atoms with van der Waals surface area (Å²) in [5.41, 5.74) is 6.23. The van der Waals surface area contributed by atoms with Gasteiger partial charge in [0, 0.05) is 12.7 Å². The number of nitrogens with zero attached hydrogens (tertiary/aromatic N) is 3. The molecule has 22 heavy (non-hydrogen) atoms. The van der Waals surface area contributed by atoms with Gasteiger partial charge in [-0.05, 0) is 62.1 Å². The average molecular weight is 294 g/mol. The topological polar surface area (TPSA) is 42.2 Å². The van der Waals surface area contributed by atoms with Crippen molar-refractivity contribution in [3.8, 4) is 0 Å². The molecule has 3 aromatic rings. The molecule has 0 amide bonds. The Labute approximate surface area is 131 Å². The normalized spacial score (nSPS) is 12.7. The third-order valence-electron chi connectivity index (χ3n) is 4.28. The van der Waals surface area contributed by atoms with E-state index in [9.17, 15) is 0 Å². The highest BCUT2D eigenvalue weighted by Crippen LogP contribution is 2.17. The molecule has 0 saturated carbocycles. The number of nitrogens with one attached hydrogen (secondary N) is 1. The molecule has 0 aliphatic rings. The first-order valence-corrected chi connectivity index (χ1v) is 7.66. The summed E-state index contributed by atoms with van der Waals surface area (Å²) in [6.45, 7) is 9.44. The molecular weight excluding hydrogens is 272 g/mol. The summed E-state index contributed by atoms with van der Waals surface area (Å²) in [6.07, 6.45) is 2.00. The summed E-state index contributed by atoms with van der Waals surface area (Å²) < 4.78 is 2.03. The van der Waals surface area contributed by atoms with Gasteiger partial charge in [0.2, 0.25) is 0 Å². The Morgan fingerprint density at radius 2 is 1.82 bits per heavy atom. The zero-order chi connectivity index (χ0) is 15.7. The maximum atomic E-state index is 4.31. The monoisotopic (exact) mass is 294 g/mol. The average Bonchev–Trinajstić information content (AvgIpc) is 2.93. The van der Waals surface area contributed by atoms with Gasteiger partial charge in [-0.1, -0.05) is 18.2 Å². The highest BCUT2D eigenvalue weighted by Gasteiger charge is 2.13. The van der Waals surface area contributed by atoms with Crippen molar-refractivity contribution in [2.45, 2.75) is 40.3 Å². The third-order valence-corrected chi connectivity index (χ3v) is 4.28. The summed E-state index contributed by atoms with van der Waals surface area (Å²) in [5.74, 6) is 0.942. The van der Waals surface area contributed by atoms with E-state index in [0.29, 0.717) is 0 Å². The van der Waals surface area contributed by atoms with Crippen LogP contribution < -0.4 is 5.32 Å². The van der Waals surface area contributed by atoms with Gasteiger partial charge in [0.1, 0.15) is 0 Å². The van der Waals surface area contributed by atoms with Gasteiger partial charge >= 0.3 is 0 Å². The fraction of sp³-hybridized carbons (Fsp3) is 0.333. The molecule has 114 valence electrons. The van der Waals surface area contributed by atoms with Crippen molar-refractivity contribution in [2.24, 2.45) is 0 Å². The van der Waals surface area contributed by atoms with Gasteiger partial charge in [0.15, 0.2) is 11.5 Å². The molecule has 2 heterocycles. The molecule has 1 aromatic carbocycles. The maximum Gasteiger partial charge on any atom is 0.160 e. The molecular formula is C18H22N4. The standard InChI is InChI=1S/C18H22N4/c1-12-9-14(3)16(10-13(12)2)11-19-15(4)18-21-20-17-7-5-6-8-22(17)18/h5-10,15,19H,11H2,1-4H3/t15-/m1/s1. The van der Waals surface area contributed by atoms with Gasteiger partial charge in [0.05, 0.1) is 6.04 Å². The van der Waals surface area contributed by atoms with Crippen molar-refractivity contribution in [3.05, 3.63) is 64.6 Å². The van der Waals surface area contributed by atoms with Crippen LogP contribution in [0.1, 0.15) is 41.0 Å². The van der Waals surface area contributed by atoms with Crippen LogP contribution >= 0.6 is 0 Å². The lowest BCUT2D eigenvalue weighted by atomic mass is 10.0. The quantitative estimate of drug-likeness (QED) is 0.800. The second kappa shape index (κ2) is 5.89. The van der Waals surface area contributed by atoms with Gasteiger partial charge in [-0.25, -0.2) is 0 Å². The minimum Gasteiger partial charge on any atom is -0.303 e. The smallest absolute Gasteiger partial charge is 0.160 e. The molecule has 1 atom stereocenters. The summed E-state index contributed by atoms with van der Waals surface area (Å²) in [6, 6.07) is 10.6. The molecule has 0 saturated heterocycles. The number of aromatic nitrogens is 3. The van der Waals surface area contributed by atoms with Gasteiger partial charge in [-0.2, -0.15) is 0 Å². The molecule has 0 spiro atoms. The number of fused-ring (bicyclic) bond motifs is 1. The fourth-order valence-electron chi connectivity index (χ4n) is 2.72. The van der Waals surface area contributed by atoms with E-state index in [1.54, 1.807) is 0 Å². The summed E-state index contributed by atoms with van der Waals surface area (Å²) in [5, 5.41) is 12.1. The number of benzene rings is 1. The van der Waals surface area contributed by atoms with E-state index >= 15 is 0 Å². The molecule has 2 aromatic heterocycles. The SMILES string of the molecule is Cc1cc(C)c(CN[C@H](C)c2nnc3ccccn23)cc1C. The van der Waals surface area contributed by atoms with Crippen LogP contribution in [-0.2, 0) is 6.54 Å². The molecule has 0 aliphatic carbocycles. The highest BCUT2D eigenvalue weighted by atomic mass is 15.3. The van der Waals surface area contributed by atoms with Crippen LogP contribution in [0, 0.1) is 20.8 Å². The highest BCUT2D eigenvalue weighted by molar-refractivity contribution is 5.38. The maximum absolute atomic E-state index is 4.31. The molecule has 0 unspecified atom stereocenters. The first-order chi connectivity index (χ1) is 10.6. The van der Waals surface area contributed by atoms with Crippen LogP contribution in [0.15, 0.2) is 36.5 Å². The second-order valence-electron chi connectivity index (χ2n) is 5.95. The zero-order valence-electron chi connectivity index (χ0n) is 13.6. The van der Waals surface area contributed by atoms with E-state index in [4.69, 9.17) is 0 Å². The summed E-state index contributed by atoms with van der Waals surface area (Å²) in [4.78, 5) is 0. The molecule has 0 radical (unpaired) electrons. The number of pyridine rings is 1. The predicted molar refractivity (Wildman–Crippen MR) is 88.9 cm³/mol. The van der Waals surface area contributed by atoms with Crippen LogP contribution in [0.2, 0.25) is 0 Å². The van der Waals surface area contributed by atoms with Crippen molar-refractivity contribution in [1.82, 2.24) is 19.9 Å². The van der Waals surface area contributed by atoms with Crippen LogP contribution in [-0.4, -0.2) is 14.6 Å². The van der Waals surface area contributed by atoms with Gasteiger partial charge in [0.25, 0.3) is 0 Å². The number of aryl methyl sites for hydroxylation is 3. The van der Waals surface area contributed by atoms with Crippen molar-refractivity contribution in [2.75, 3.05) is 0 Å². The largest absolute Gasteiger partial charge is 0.303 e. The van der Waals surface area contributed by atoms with E-state index in [-0.39, 0.29) is 6.04 Å². The van der Waals surface area contributed by atoms with Crippen molar-refractivity contribution in [3.63, 3.8) is 0 Å². The van der Waals surface area contributed by atoms with Gasteiger partial charge < -0.3 is 5.32 Å². The van der Waals surface area contributed by atoms with Crippen molar-refractivity contribution >= 4 is 5.65 Å². The number of hydrogen-bond acceptors (Lipinski definition) is 3. The van der Waals surface area contributed by atoms with E-state index in [1.807, 2.05) is 28.8 Å². The second-order valence-corrected chi connectivity index (χ2v) is 5.95. The van der Waals surface area contributed by atoms with Crippen LogP contribution in [0.5, 0.6) is 0 Å². The molecule has 4 heteroatoms. The minimum absolute atomic E-state index is 0.137. The Balaban J connectivity index is 1.78. The first-order valence-electron chi connectivity index (χ1n) is 7.66. The summed E-state index contributed by atoms with van der Waals surface area (Å²) >= 11 is 0. The van der Waals surface area contributed by atoms with Crippen LogP contribution in [0.3, 0.4) is 0 Å². The Morgan fingerprint density at radius 1 is 1.05 bits per heavy atom. The Kier molecular flexibility index (Phi) is 3.94. The van der Waals surface area contributed by atoms with E-state index in [0.717, 1.165) is 18.0 Å². The molecule has 1 N–H and O–H groups in total. The third kappa shape index (κ3) is 2.74. The molecule has 0 fully saturated rings. The lowest BCUT2D eigenvalue weighted by molar-refractivity contribution is 0.540. The lowest BCUT2D eigenvalue weighted by Crippen LogP contribution is -2.21. The van der Waals surface area contributed by atoms with Crippen LogP contribution in [0.4, 0.5) is 0 Å². The Hall–Kier alpha value is -2.20. The van der Waals surface area contributed by atoms with E-state index in [2.05, 4.69) is 55.3 Å². The zero-order valence-corrected chi connectivity index (χ0v) is 13.6. The lowest BCUT2D eigenvalue weighted by Gasteiger charge is -2.15. The van der Waals surface area contributed by atoms with Crippen molar-refractivity contribution in [1.29, 1.82) is 0 Å². The van der Waals surface area contributed by atoms with Gasteiger partial charge in [-0.3, -0.25) is 4.40 Å². The minimum atomic E-state index is 0.137. The fourth-order valence-corrected chi connectivity index (χ4v) is 2.72. The molecule has 3 rings (SSSR count). The Morgan fingerprint density at radius 3 is 2.64 bits per heavy atom. The Bertz CT molecular complexity index is 804. The summed E-state index contributed by atoms with van der Waals surface area (Å²) in [7, 11) is 0. The number of rotatable bonds is 4. The number of hydrogen-bond donors (Lipinski definition) is 1. The van der Waals surface area contributed by atoms with Gasteiger partial charge in [-0.15, -0.1) is 10.2 Å². The molecule has 0 bridgehead atoms. The van der Waals surface area contributed by atoms with Crippen LogP contribution in [0.25, 0.3) is 5.65 Å². The van der Waals surface area contributed by atoms with E-state index in [1.165, 1.54) is 22.3 Å². The molecule has 4 nitrogen and oxygen atoms in total.